The van der Waals surface area contributed by atoms with Gasteiger partial charge in [0.25, 0.3) is 5.56 Å². The molecule has 0 aliphatic carbocycles. The first-order valence-corrected chi connectivity index (χ1v) is 10.8. The number of ether oxygens (including phenoxy) is 1. The highest BCUT2D eigenvalue weighted by molar-refractivity contribution is 7.80. The lowest BCUT2D eigenvalue weighted by molar-refractivity contribution is 0.327. The monoisotopic (exact) mass is 438 g/mol. The molecular weight excluding hydrogens is 408 g/mol. The highest BCUT2D eigenvalue weighted by Gasteiger charge is 2.14. The number of hydrogen-bond donors (Lipinski definition) is 2. The molecular formula is C24H30N4O2S. The number of aromatic amines is 1. The zero-order chi connectivity index (χ0) is 22.4. The minimum atomic E-state index is -0.0863. The van der Waals surface area contributed by atoms with Crippen LogP contribution in [0.15, 0.2) is 53.3 Å². The number of nitrogens with zero attached hydrogens (tertiary/aromatic N) is 2. The van der Waals surface area contributed by atoms with Gasteiger partial charge in [-0.3, -0.25) is 4.79 Å². The number of nitrogens with one attached hydrogen (secondary N) is 2. The van der Waals surface area contributed by atoms with Gasteiger partial charge in [0, 0.05) is 29.9 Å². The summed E-state index contributed by atoms with van der Waals surface area (Å²) in [7, 11) is 4.04. The van der Waals surface area contributed by atoms with E-state index >= 15 is 0 Å². The second kappa shape index (κ2) is 10.4. The number of anilines is 1. The van der Waals surface area contributed by atoms with Gasteiger partial charge < -0.3 is 24.8 Å². The van der Waals surface area contributed by atoms with Gasteiger partial charge in [-0.15, -0.1) is 0 Å². The molecule has 0 saturated heterocycles. The highest BCUT2D eigenvalue weighted by atomic mass is 32.1. The molecule has 0 amide bonds. The Hall–Kier alpha value is -2.90. The zero-order valence-corrected chi connectivity index (χ0v) is 19.4. The standard InChI is InChI=1S/C24H30N4O2S/c1-5-30-21-10-8-20(9-11-21)25-24(31)28(13-12-27(3)4)16-19-15-18-7-6-17(2)14-22(18)26-23(19)29/h6-11,14-15H,5,12-13,16H2,1-4H3,(H,25,31)(H,26,29). The summed E-state index contributed by atoms with van der Waals surface area (Å²) in [5, 5.41) is 4.88. The second-order valence-corrected chi connectivity index (χ2v) is 8.21. The number of H-pyrrole nitrogens is 1. The quantitative estimate of drug-likeness (QED) is 0.519. The maximum Gasteiger partial charge on any atom is 0.253 e. The number of likely N-dealkylation sites (N-methyl/N-ethyl adjacent to an activating group) is 1. The number of aromatic nitrogens is 1. The van der Waals surface area contributed by atoms with Gasteiger partial charge in [-0.2, -0.15) is 0 Å². The first-order valence-electron chi connectivity index (χ1n) is 10.4. The molecule has 2 aromatic carbocycles. The highest BCUT2D eigenvalue weighted by Crippen LogP contribution is 2.17. The number of pyridine rings is 1. The molecule has 0 saturated carbocycles. The Morgan fingerprint density at radius 3 is 2.52 bits per heavy atom. The van der Waals surface area contributed by atoms with E-state index in [9.17, 15) is 4.79 Å². The van der Waals surface area contributed by atoms with Gasteiger partial charge >= 0.3 is 0 Å². The molecule has 0 radical (unpaired) electrons. The lowest BCUT2D eigenvalue weighted by atomic mass is 10.1. The summed E-state index contributed by atoms with van der Waals surface area (Å²) < 4.78 is 5.50. The molecule has 0 aliphatic heterocycles. The van der Waals surface area contributed by atoms with Crippen molar-refractivity contribution in [2.45, 2.75) is 20.4 Å². The third-order valence-electron chi connectivity index (χ3n) is 4.96. The van der Waals surface area contributed by atoms with E-state index in [1.54, 1.807) is 0 Å². The fourth-order valence-corrected chi connectivity index (χ4v) is 3.53. The van der Waals surface area contributed by atoms with E-state index in [0.717, 1.165) is 34.4 Å². The van der Waals surface area contributed by atoms with Gasteiger partial charge in [0.15, 0.2) is 5.11 Å². The van der Waals surface area contributed by atoms with Crippen LogP contribution in [0.3, 0.4) is 0 Å². The van der Waals surface area contributed by atoms with Gasteiger partial charge in [-0.25, -0.2) is 0 Å². The van der Waals surface area contributed by atoms with Crippen molar-refractivity contribution in [1.82, 2.24) is 14.8 Å². The molecule has 0 aliphatic rings. The maximum atomic E-state index is 12.7. The fraction of sp³-hybridized carbons (Fsp3) is 0.333. The van der Waals surface area contributed by atoms with Crippen LogP contribution in [0.5, 0.6) is 5.75 Å². The van der Waals surface area contributed by atoms with Gasteiger partial charge in [-0.05, 0) is 87.5 Å². The Bertz CT molecular complexity index is 1090. The van der Waals surface area contributed by atoms with Crippen LogP contribution in [0.2, 0.25) is 0 Å². The Morgan fingerprint density at radius 2 is 1.84 bits per heavy atom. The van der Waals surface area contributed by atoms with E-state index in [1.165, 1.54) is 0 Å². The summed E-state index contributed by atoms with van der Waals surface area (Å²) in [6, 6.07) is 15.7. The van der Waals surface area contributed by atoms with Crippen LogP contribution < -0.4 is 15.6 Å². The number of thiocarbonyl (C=S) groups is 1. The predicted molar refractivity (Wildman–Crippen MR) is 132 cm³/mol. The average Bonchev–Trinajstić information content (AvgIpc) is 2.72. The number of fused-ring (bicyclic) bond motifs is 1. The molecule has 2 N–H and O–H groups in total. The number of hydrogen-bond acceptors (Lipinski definition) is 4. The van der Waals surface area contributed by atoms with Gasteiger partial charge in [0.1, 0.15) is 5.75 Å². The SMILES string of the molecule is CCOc1ccc(NC(=S)N(CCN(C)C)Cc2cc3ccc(C)cc3[nH]c2=O)cc1. The zero-order valence-electron chi connectivity index (χ0n) is 18.6. The van der Waals surface area contributed by atoms with Crippen LogP contribution in [0.4, 0.5) is 5.69 Å². The fourth-order valence-electron chi connectivity index (χ4n) is 3.26. The van der Waals surface area contributed by atoms with Crippen LogP contribution in [-0.2, 0) is 6.54 Å². The van der Waals surface area contributed by atoms with Crippen LogP contribution in [0.25, 0.3) is 10.9 Å². The molecule has 0 atom stereocenters. The van der Waals surface area contributed by atoms with E-state index in [4.69, 9.17) is 17.0 Å². The third kappa shape index (κ3) is 6.29. The summed E-state index contributed by atoms with van der Waals surface area (Å²) in [6.45, 7) is 6.54. The first kappa shape index (κ1) is 22.8. The summed E-state index contributed by atoms with van der Waals surface area (Å²) in [5.74, 6) is 0.821. The smallest absolute Gasteiger partial charge is 0.253 e. The van der Waals surface area contributed by atoms with Crippen molar-refractivity contribution in [3.05, 3.63) is 70.0 Å². The molecule has 31 heavy (non-hydrogen) atoms. The lowest BCUT2D eigenvalue weighted by Gasteiger charge is -2.27. The van der Waals surface area contributed by atoms with Crippen molar-refractivity contribution in [2.24, 2.45) is 0 Å². The Morgan fingerprint density at radius 1 is 1.10 bits per heavy atom. The van der Waals surface area contributed by atoms with Crippen LogP contribution in [-0.4, -0.2) is 53.7 Å². The third-order valence-corrected chi connectivity index (χ3v) is 5.32. The molecule has 164 valence electrons. The van der Waals surface area contributed by atoms with E-state index < -0.39 is 0 Å². The molecule has 0 unspecified atom stereocenters. The van der Waals surface area contributed by atoms with Crippen molar-refractivity contribution < 1.29 is 4.74 Å². The minimum absolute atomic E-state index is 0.0863. The topological polar surface area (TPSA) is 60.6 Å². The molecule has 1 aromatic heterocycles. The summed E-state index contributed by atoms with van der Waals surface area (Å²) in [5.41, 5.74) is 3.45. The largest absolute Gasteiger partial charge is 0.494 e. The van der Waals surface area contributed by atoms with Crippen molar-refractivity contribution in [3.63, 3.8) is 0 Å². The van der Waals surface area contributed by atoms with Crippen LogP contribution in [0, 0.1) is 6.92 Å². The Labute approximate surface area is 188 Å². The van der Waals surface area contributed by atoms with Crippen molar-refractivity contribution >= 4 is 33.9 Å². The lowest BCUT2D eigenvalue weighted by Crippen LogP contribution is -2.40. The first-order chi connectivity index (χ1) is 14.9. The van der Waals surface area contributed by atoms with Crippen molar-refractivity contribution in [2.75, 3.05) is 39.1 Å². The van der Waals surface area contributed by atoms with E-state index in [1.807, 2.05) is 81.4 Å². The number of aryl methyl sites for hydroxylation is 1. The average molecular weight is 439 g/mol. The Kier molecular flexibility index (Phi) is 7.65. The summed E-state index contributed by atoms with van der Waals surface area (Å²) >= 11 is 5.70. The van der Waals surface area contributed by atoms with Crippen molar-refractivity contribution in [1.29, 1.82) is 0 Å². The van der Waals surface area contributed by atoms with Gasteiger partial charge in [-0.1, -0.05) is 12.1 Å². The predicted octanol–water partition coefficient (Wildman–Crippen LogP) is 4.00. The van der Waals surface area contributed by atoms with Crippen LogP contribution in [0.1, 0.15) is 18.1 Å². The number of benzene rings is 2. The van der Waals surface area contributed by atoms with Gasteiger partial charge in [0.05, 0.1) is 13.2 Å². The van der Waals surface area contributed by atoms with E-state index in [2.05, 4.69) is 15.2 Å². The minimum Gasteiger partial charge on any atom is -0.494 e. The Balaban J connectivity index is 1.80. The van der Waals surface area contributed by atoms with Crippen molar-refractivity contribution in [3.8, 4) is 5.75 Å². The van der Waals surface area contributed by atoms with Gasteiger partial charge in [0.2, 0.25) is 0 Å². The van der Waals surface area contributed by atoms with Crippen LogP contribution >= 0.6 is 12.2 Å². The van der Waals surface area contributed by atoms with E-state index in [-0.39, 0.29) is 5.56 Å². The molecule has 6 nitrogen and oxygen atoms in total. The maximum absolute atomic E-state index is 12.7. The molecule has 0 bridgehead atoms. The molecule has 3 rings (SSSR count). The molecule has 3 aromatic rings. The summed E-state index contributed by atoms with van der Waals surface area (Å²) in [6.07, 6.45) is 0. The second-order valence-electron chi connectivity index (χ2n) is 7.83. The summed E-state index contributed by atoms with van der Waals surface area (Å²) in [4.78, 5) is 19.9. The molecule has 1 heterocycles. The number of rotatable bonds is 8. The molecule has 0 spiro atoms. The molecule has 7 heteroatoms. The normalized spacial score (nSPS) is 11.0. The van der Waals surface area contributed by atoms with E-state index in [0.29, 0.717) is 30.4 Å². The molecule has 0 fully saturated rings.